The predicted octanol–water partition coefficient (Wildman–Crippen LogP) is 2.33. The van der Waals surface area contributed by atoms with Crippen LogP contribution < -0.4 is 15.6 Å². The normalized spacial score (nSPS) is 10.9. The minimum Gasteiger partial charge on any atom is -0.497 e. The van der Waals surface area contributed by atoms with Crippen LogP contribution in [0.2, 0.25) is 0 Å². The number of benzene rings is 1. The fourth-order valence-corrected chi connectivity index (χ4v) is 3.02. The van der Waals surface area contributed by atoms with Crippen molar-refractivity contribution in [2.24, 2.45) is 7.05 Å². The molecule has 1 amide bonds. The number of hydrogen-bond acceptors (Lipinski definition) is 4. The van der Waals surface area contributed by atoms with Crippen molar-refractivity contribution in [2.45, 2.75) is 26.3 Å². The van der Waals surface area contributed by atoms with Crippen molar-refractivity contribution < 1.29 is 9.53 Å². The van der Waals surface area contributed by atoms with Gasteiger partial charge >= 0.3 is 0 Å². The lowest BCUT2D eigenvalue weighted by atomic mass is 10.1. The molecule has 7 nitrogen and oxygen atoms in total. The highest BCUT2D eigenvalue weighted by Gasteiger charge is 2.16. The second-order valence-corrected chi connectivity index (χ2v) is 6.46. The van der Waals surface area contributed by atoms with Crippen molar-refractivity contribution in [3.8, 4) is 16.9 Å². The van der Waals surface area contributed by atoms with Crippen LogP contribution in [0.25, 0.3) is 22.2 Å². The largest absolute Gasteiger partial charge is 0.497 e. The highest BCUT2D eigenvalue weighted by atomic mass is 16.5. The quantitative estimate of drug-likeness (QED) is 0.649. The Hall–Kier alpha value is -3.09. The molecule has 2 aromatic heterocycles. The summed E-state index contributed by atoms with van der Waals surface area (Å²) in [6.45, 7) is 2.64. The molecule has 0 atom stereocenters. The second kappa shape index (κ2) is 8.07. The maximum absolute atomic E-state index is 12.9. The summed E-state index contributed by atoms with van der Waals surface area (Å²) in [5.74, 6) is 0.583. The van der Waals surface area contributed by atoms with E-state index in [0.29, 0.717) is 17.6 Å². The molecule has 1 N–H and O–H groups in total. The minimum atomic E-state index is -0.229. The van der Waals surface area contributed by atoms with E-state index < -0.39 is 0 Å². The van der Waals surface area contributed by atoms with Crippen molar-refractivity contribution >= 4 is 16.9 Å². The van der Waals surface area contributed by atoms with E-state index in [9.17, 15) is 9.59 Å². The van der Waals surface area contributed by atoms with E-state index in [0.717, 1.165) is 29.7 Å². The van der Waals surface area contributed by atoms with Crippen LogP contribution >= 0.6 is 0 Å². The lowest BCUT2D eigenvalue weighted by Gasteiger charge is -2.07. The molecule has 0 spiro atoms. The topological polar surface area (TPSA) is 78.2 Å². The molecule has 0 unspecified atom stereocenters. The molecule has 1 aromatic carbocycles. The molecule has 7 heteroatoms. The van der Waals surface area contributed by atoms with Gasteiger partial charge in [0.05, 0.1) is 13.4 Å². The number of aryl methyl sites for hydroxylation is 1. The Bertz CT molecular complexity index is 1000. The lowest BCUT2D eigenvalue weighted by Crippen LogP contribution is -2.33. The molecule has 2 heterocycles. The van der Waals surface area contributed by atoms with Crippen LogP contribution in [0.3, 0.4) is 0 Å². The predicted molar refractivity (Wildman–Crippen MR) is 105 cm³/mol. The molecule has 0 aliphatic heterocycles. The van der Waals surface area contributed by atoms with Crippen LogP contribution in [0.15, 0.2) is 41.6 Å². The summed E-state index contributed by atoms with van der Waals surface area (Å²) in [6.07, 6.45) is 5.25. The number of nitrogens with zero attached hydrogens (tertiary/aromatic N) is 3. The molecule has 0 aliphatic rings. The molecule has 3 aromatic rings. The van der Waals surface area contributed by atoms with Crippen LogP contribution in [-0.2, 0) is 18.4 Å². The number of carbonyl (C=O) groups is 1. The SMILES string of the molecule is CCCCNC(=O)Cn1cnc2c(-c3ccc(OC)cc3)cn(C)c2c1=O. The van der Waals surface area contributed by atoms with Crippen molar-refractivity contribution in [3.05, 3.63) is 47.1 Å². The van der Waals surface area contributed by atoms with Crippen LogP contribution in [0.5, 0.6) is 5.75 Å². The van der Waals surface area contributed by atoms with Crippen LogP contribution in [-0.4, -0.2) is 33.7 Å². The molecule has 0 saturated heterocycles. The van der Waals surface area contributed by atoms with Gasteiger partial charge in [0.2, 0.25) is 5.91 Å². The van der Waals surface area contributed by atoms with E-state index in [1.165, 1.54) is 10.9 Å². The first-order chi connectivity index (χ1) is 13.0. The summed E-state index contributed by atoms with van der Waals surface area (Å²) >= 11 is 0. The third-order valence-corrected chi connectivity index (χ3v) is 4.51. The zero-order valence-electron chi connectivity index (χ0n) is 15.9. The Balaban J connectivity index is 1.93. The summed E-state index contributed by atoms with van der Waals surface area (Å²) in [5.41, 5.74) is 2.68. The monoisotopic (exact) mass is 368 g/mol. The molecular weight excluding hydrogens is 344 g/mol. The Morgan fingerprint density at radius 3 is 2.67 bits per heavy atom. The van der Waals surface area contributed by atoms with Gasteiger partial charge in [-0.25, -0.2) is 4.98 Å². The van der Waals surface area contributed by atoms with Gasteiger partial charge in [0.1, 0.15) is 23.3 Å². The van der Waals surface area contributed by atoms with E-state index in [2.05, 4.69) is 17.2 Å². The molecule has 3 rings (SSSR count). The first-order valence-corrected chi connectivity index (χ1v) is 9.00. The molecule has 0 bridgehead atoms. The number of unbranched alkanes of at least 4 members (excludes halogenated alkanes) is 1. The van der Waals surface area contributed by atoms with Crippen LogP contribution in [0.1, 0.15) is 19.8 Å². The van der Waals surface area contributed by atoms with Gasteiger partial charge < -0.3 is 14.6 Å². The van der Waals surface area contributed by atoms with Crippen LogP contribution in [0, 0.1) is 0 Å². The number of methoxy groups -OCH3 is 1. The standard InChI is InChI=1S/C20H24N4O3/c1-4-5-10-21-17(25)12-24-13-22-18-16(11-23(2)19(18)20(24)26)14-6-8-15(27-3)9-7-14/h6-9,11,13H,4-5,10,12H2,1-3H3,(H,21,25). The average Bonchev–Trinajstić information content (AvgIpc) is 3.01. The summed E-state index contributed by atoms with van der Waals surface area (Å²) in [6, 6.07) is 7.61. The Morgan fingerprint density at radius 1 is 1.26 bits per heavy atom. The Labute approximate surface area is 157 Å². The minimum absolute atomic E-state index is 0.0332. The maximum Gasteiger partial charge on any atom is 0.278 e. The number of ether oxygens (including phenoxy) is 1. The summed E-state index contributed by atoms with van der Waals surface area (Å²) in [7, 11) is 3.43. The van der Waals surface area contributed by atoms with Gasteiger partial charge in [-0.3, -0.25) is 14.2 Å². The smallest absolute Gasteiger partial charge is 0.278 e. The highest BCUT2D eigenvalue weighted by molar-refractivity contribution is 5.92. The Morgan fingerprint density at radius 2 is 2.00 bits per heavy atom. The van der Waals surface area contributed by atoms with Crippen molar-refractivity contribution in [3.63, 3.8) is 0 Å². The van der Waals surface area contributed by atoms with Gasteiger partial charge in [-0.2, -0.15) is 0 Å². The third kappa shape index (κ3) is 3.86. The number of nitrogens with one attached hydrogen (secondary N) is 1. The van der Waals surface area contributed by atoms with E-state index >= 15 is 0 Å². The van der Waals surface area contributed by atoms with Crippen molar-refractivity contribution in [1.29, 1.82) is 0 Å². The van der Waals surface area contributed by atoms with Crippen molar-refractivity contribution in [2.75, 3.05) is 13.7 Å². The number of carbonyl (C=O) groups excluding carboxylic acids is 1. The van der Waals surface area contributed by atoms with Gasteiger partial charge in [-0.1, -0.05) is 25.5 Å². The molecule has 27 heavy (non-hydrogen) atoms. The average molecular weight is 368 g/mol. The fraction of sp³-hybridized carbons (Fsp3) is 0.350. The summed E-state index contributed by atoms with van der Waals surface area (Å²) in [4.78, 5) is 29.4. The number of rotatable bonds is 7. The Kier molecular flexibility index (Phi) is 5.59. The molecule has 0 saturated carbocycles. The zero-order valence-corrected chi connectivity index (χ0v) is 15.9. The van der Waals surface area contributed by atoms with Gasteiger partial charge in [-0.15, -0.1) is 0 Å². The lowest BCUT2D eigenvalue weighted by molar-refractivity contribution is -0.121. The van der Waals surface area contributed by atoms with Gasteiger partial charge in [0.25, 0.3) is 5.56 Å². The van der Waals surface area contributed by atoms with Gasteiger partial charge in [0, 0.05) is 25.4 Å². The van der Waals surface area contributed by atoms with E-state index in [1.807, 2.05) is 37.5 Å². The number of hydrogen-bond donors (Lipinski definition) is 1. The van der Waals surface area contributed by atoms with Gasteiger partial charge in [-0.05, 0) is 24.1 Å². The number of aromatic nitrogens is 3. The maximum atomic E-state index is 12.9. The summed E-state index contributed by atoms with van der Waals surface area (Å²) in [5, 5.41) is 2.82. The molecule has 0 aliphatic carbocycles. The summed E-state index contributed by atoms with van der Waals surface area (Å²) < 4.78 is 8.30. The highest BCUT2D eigenvalue weighted by Crippen LogP contribution is 2.28. The number of fused-ring (bicyclic) bond motifs is 1. The third-order valence-electron chi connectivity index (χ3n) is 4.51. The molecule has 0 radical (unpaired) electrons. The zero-order chi connectivity index (χ0) is 19.4. The first-order valence-electron chi connectivity index (χ1n) is 9.00. The molecule has 0 fully saturated rings. The number of amides is 1. The van der Waals surface area contributed by atoms with E-state index in [4.69, 9.17) is 4.74 Å². The second-order valence-electron chi connectivity index (χ2n) is 6.46. The fourth-order valence-electron chi connectivity index (χ4n) is 3.02. The molecular formula is C20H24N4O3. The van der Waals surface area contributed by atoms with E-state index in [1.54, 1.807) is 11.7 Å². The van der Waals surface area contributed by atoms with Crippen LogP contribution in [0.4, 0.5) is 0 Å². The van der Waals surface area contributed by atoms with E-state index in [-0.39, 0.29) is 18.0 Å². The van der Waals surface area contributed by atoms with Gasteiger partial charge in [0.15, 0.2) is 0 Å². The molecule has 142 valence electrons. The van der Waals surface area contributed by atoms with Crippen molar-refractivity contribution in [1.82, 2.24) is 19.4 Å². The first kappa shape index (κ1) is 18.7.